The van der Waals surface area contributed by atoms with E-state index >= 15 is 0 Å². The van der Waals surface area contributed by atoms with Gasteiger partial charge in [0.25, 0.3) is 0 Å². The molecule has 19 heavy (non-hydrogen) atoms. The zero-order valence-electron chi connectivity index (χ0n) is 10.6. The second-order valence-electron chi connectivity index (χ2n) is 4.53. The molecule has 0 spiro atoms. The van der Waals surface area contributed by atoms with Crippen LogP contribution in [0.3, 0.4) is 0 Å². The lowest BCUT2D eigenvalue weighted by Gasteiger charge is -2.16. The number of furan rings is 1. The summed E-state index contributed by atoms with van der Waals surface area (Å²) >= 11 is 0. The van der Waals surface area contributed by atoms with Crippen LogP contribution in [0.4, 0.5) is 0 Å². The molecule has 1 atom stereocenters. The Kier molecular flexibility index (Phi) is 3.03. The number of nitrogens with two attached hydrogens (primary N) is 1. The second kappa shape index (κ2) is 4.84. The van der Waals surface area contributed by atoms with E-state index in [0.717, 1.165) is 27.7 Å². The number of fused-ring (bicyclic) bond motifs is 1. The van der Waals surface area contributed by atoms with Gasteiger partial charge in [-0.15, -0.1) is 0 Å². The van der Waals surface area contributed by atoms with Crippen molar-refractivity contribution >= 4 is 10.8 Å². The Balaban J connectivity index is 2.16. The van der Waals surface area contributed by atoms with Gasteiger partial charge in [-0.05, 0) is 30.0 Å². The standard InChI is InChI=1S/C15H15N3O/c1-10-7-12(9-19-10)15(18-16)14-4-2-3-11-8-17-6-5-13(11)14/h2-9,15,18H,16H2,1H3. The molecule has 4 nitrogen and oxygen atoms in total. The SMILES string of the molecule is Cc1cc(C(NN)c2cccc3cnccc23)co1. The molecule has 1 aromatic carbocycles. The van der Waals surface area contributed by atoms with E-state index in [4.69, 9.17) is 10.3 Å². The number of hydrogen-bond acceptors (Lipinski definition) is 4. The molecule has 2 heterocycles. The van der Waals surface area contributed by atoms with Gasteiger partial charge in [0.2, 0.25) is 0 Å². The topological polar surface area (TPSA) is 64.1 Å². The summed E-state index contributed by atoms with van der Waals surface area (Å²) < 4.78 is 5.37. The predicted molar refractivity (Wildman–Crippen MR) is 74.4 cm³/mol. The molecule has 0 amide bonds. The maximum absolute atomic E-state index is 5.73. The van der Waals surface area contributed by atoms with E-state index in [1.165, 1.54) is 0 Å². The number of rotatable bonds is 3. The van der Waals surface area contributed by atoms with Crippen LogP contribution in [-0.2, 0) is 0 Å². The number of hydrazine groups is 1. The molecule has 0 aliphatic heterocycles. The largest absolute Gasteiger partial charge is 0.469 e. The summed E-state index contributed by atoms with van der Waals surface area (Å²) in [5, 5.41) is 2.24. The normalized spacial score (nSPS) is 12.7. The molecule has 3 aromatic rings. The minimum Gasteiger partial charge on any atom is -0.469 e. The average molecular weight is 253 g/mol. The predicted octanol–water partition coefficient (Wildman–Crippen LogP) is 2.69. The summed E-state index contributed by atoms with van der Waals surface area (Å²) in [6.07, 6.45) is 5.38. The van der Waals surface area contributed by atoms with Gasteiger partial charge >= 0.3 is 0 Å². The van der Waals surface area contributed by atoms with Crippen LogP contribution in [-0.4, -0.2) is 4.98 Å². The Morgan fingerprint density at radius 3 is 2.95 bits per heavy atom. The fourth-order valence-electron chi connectivity index (χ4n) is 2.38. The lowest BCUT2D eigenvalue weighted by molar-refractivity contribution is 0.526. The molecular weight excluding hydrogens is 238 g/mol. The van der Waals surface area contributed by atoms with Crippen LogP contribution in [0.5, 0.6) is 0 Å². The molecule has 0 fully saturated rings. The Morgan fingerprint density at radius 2 is 2.21 bits per heavy atom. The maximum atomic E-state index is 5.73. The summed E-state index contributed by atoms with van der Waals surface area (Å²) in [6, 6.07) is 10.0. The van der Waals surface area contributed by atoms with Crippen molar-refractivity contribution in [1.29, 1.82) is 0 Å². The van der Waals surface area contributed by atoms with E-state index in [9.17, 15) is 0 Å². The zero-order chi connectivity index (χ0) is 13.2. The molecule has 0 aliphatic carbocycles. The Morgan fingerprint density at radius 1 is 1.32 bits per heavy atom. The Hall–Kier alpha value is -2.17. The number of aryl methyl sites for hydroxylation is 1. The molecule has 2 aromatic heterocycles. The van der Waals surface area contributed by atoms with Gasteiger partial charge in [-0.25, -0.2) is 5.43 Å². The highest BCUT2D eigenvalue weighted by Gasteiger charge is 2.16. The highest BCUT2D eigenvalue weighted by Crippen LogP contribution is 2.28. The Bertz CT molecular complexity index is 700. The van der Waals surface area contributed by atoms with Crippen LogP contribution in [0.25, 0.3) is 10.8 Å². The molecule has 0 saturated carbocycles. The maximum Gasteiger partial charge on any atom is 0.101 e. The average Bonchev–Trinajstić information content (AvgIpc) is 2.86. The molecule has 0 bridgehead atoms. The highest BCUT2D eigenvalue weighted by molar-refractivity contribution is 5.85. The molecule has 0 aliphatic rings. The van der Waals surface area contributed by atoms with Gasteiger partial charge in [0.15, 0.2) is 0 Å². The summed E-state index contributed by atoms with van der Waals surface area (Å²) in [7, 11) is 0. The number of nitrogens with zero attached hydrogens (tertiary/aromatic N) is 1. The van der Waals surface area contributed by atoms with Crippen molar-refractivity contribution in [1.82, 2.24) is 10.4 Å². The highest BCUT2D eigenvalue weighted by atomic mass is 16.3. The number of benzene rings is 1. The van der Waals surface area contributed by atoms with Crippen molar-refractivity contribution in [3.63, 3.8) is 0 Å². The number of aromatic nitrogens is 1. The van der Waals surface area contributed by atoms with Gasteiger partial charge in [-0.1, -0.05) is 18.2 Å². The van der Waals surface area contributed by atoms with Crippen LogP contribution in [0, 0.1) is 6.92 Å². The van der Waals surface area contributed by atoms with Gasteiger partial charge in [-0.3, -0.25) is 10.8 Å². The summed E-state index contributed by atoms with van der Waals surface area (Å²) in [5.74, 6) is 6.60. The lowest BCUT2D eigenvalue weighted by atomic mass is 9.96. The van der Waals surface area contributed by atoms with Crippen LogP contribution in [0.2, 0.25) is 0 Å². The van der Waals surface area contributed by atoms with E-state index in [0.29, 0.717) is 0 Å². The van der Waals surface area contributed by atoms with Gasteiger partial charge in [0, 0.05) is 23.3 Å². The summed E-state index contributed by atoms with van der Waals surface area (Å²) in [6.45, 7) is 1.92. The van der Waals surface area contributed by atoms with Crippen LogP contribution in [0.1, 0.15) is 22.9 Å². The third kappa shape index (κ3) is 2.12. The molecular formula is C15H15N3O. The van der Waals surface area contributed by atoms with E-state index in [1.54, 1.807) is 12.5 Å². The molecule has 0 saturated heterocycles. The van der Waals surface area contributed by atoms with Gasteiger partial charge in [0.05, 0.1) is 12.3 Å². The van der Waals surface area contributed by atoms with Crippen LogP contribution >= 0.6 is 0 Å². The first-order chi connectivity index (χ1) is 9.29. The molecule has 0 radical (unpaired) electrons. The monoisotopic (exact) mass is 253 g/mol. The van der Waals surface area contributed by atoms with Gasteiger partial charge < -0.3 is 4.42 Å². The first-order valence-electron chi connectivity index (χ1n) is 6.13. The fourth-order valence-corrected chi connectivity index (χ4v) is 2.38. The number of nitrogens with one attached hydrogen (secondary N) is 1. The second-order valence-corrected chi connectivity index (χ2v) is 4.53. The van der Waals surface area contributed by atoms with Crippen molar-refractivity contribution in [2.45, 2.75) is 13.0 Å². The van der Waals surface area contributed by atoms with Crippen LogP contribution in [0.15, 0.2) is 53.4 Å². The quantitative estimate of drug-likeness (QED) is 0.556. The smallest absolute Gasteiger partial charge is 0.101 e. The zero-order valence-corrected chi connectivity index (χ0v) is 10.6. The Labute approximate surface area is 111 Å². The minimum atomic E-state index is -0.0939. The molecule has 3 N–H and O–H groups in total. The number of pyridine rings is 1. The van der Waals surface area contributed by atoms with E-state index in [-0.39, 0.29) is 6.04 Å². The van der Waals surface area contributed by atoms with Gasteiger partial charge in [0.1, 0.15) is 5.76 Å². The van der Waals surface area contributed by atoms with E-state index in [2.05, 4.69) is 16.5 Å². The van der Waals surface area contributed by atoms with Gasteiger partial charge in [-0.2, -0.15) is 0 Å². The number of hydrogen-bond donors (Lipinski definition) is 2. The van der Waals surface area contributed by atoms with Crippen molar-refractivity contribution < 1.29 is 4.42 Å². The van der Waals surface area contributed by atoms with E-state index in [1.807, 2.05) is 37.4 Å². The van der Waals surface area contributed by atoms with E-state index < -0.39 is 0 Å². The lowest BCUT2D eigenvalue weighted by Crippen LogP contribution is -2.28. The van der Waals surface area contributed by atoms with Crippen LogP contribution < -0.4 is 11.3 Å². The molecule has 4 heteroatoms. The third-order valence-corrected chi connectivity index (χ3v) is 3.28. The first kappa shape index (κ1) is 11.9. The molecule has 3 rings (SSSR count). The van der Waals surface area contributed by atoms with Crippen molar-refractivity contribution in [3.8, 4) is 0 Å². The van der Waals surface area contributed by atoms with Crippen molar-refractivity contribution in [3.05, 3.63) is 65.9 Å². The fraction of sp³-hybridized carbons (Fsp3) is 0.133. The molecule has 96 valence electrons. The third-order valence-electron chi connectivity index (χ3n) is 3.28. The van der Waals surface area contributed by atoms with Crippen molar-refractivity contribution in [2.24, 2.45) is 5.84 Å². The molecule has 1 unspecified atom stereocenters. The summed E-state index contributed by atoms with van der Waals surface area (Å²) in [5.41, 5.74) is 4.99. The summed E-state index contributed by atoms with van der Waals surface area (Å²) in [4.78, 5) is 4.15. The van der Waals surface area contributed by atoms with Crippen molar-refractivity contribution in [2.75, 3.05) is 0 Å². The first-order valence-corrected chi connectivity index (χ1v) is 6.13. The minimum absolute atomic E-state index is 0.0939.